The van der Waals surface area contributed by atoms with E-state index in [0.717, 1.165) is 32.2 Å². The Morgan fingerprint density at radius 1 is 1.04 bits per heavy atom. The first-order valence-corrected chi connectivity index (χ1v) is 9.41. The Labute approximate surface area is 161 Å². The van der Waals surface area contributed by atoms with Gasteiger partial charge in [-0.1, -0.05) is 42.5 Å². The molecule has 4 rings (SSSR count). The maximum atomic E-state index is 11.2. The number of anilines is 2. The minimum Gasteiger partial charge on any atom is -0.365 e. The SMILES string of the molecule is CC(=O)Nc1ccc(-c2cc3c(NCc4ccccc4)ncnc3s2)cc1. The Bertz CT molecular complexity index is 1070. The van der Waals surface area contributed by atoms with Crippen LogP contribution < -0.4 is 10.6 Å². The van der Waals surface area contributed by atoms with E-state index in [0.29, 0.717) is 6.54 Å². The topological polar surface area (TPSA) is 66.9 Å². The van der Waals surface area contributed by atoms with Crippen LogP contribution in [-0.4, -0.2) is 15.9 Å². The first-order chi connectivity index (χ1) is 13.2. The van der Waals surface area contributed by atoms with Gasteiger partial charge in [0.15, 0.2) is 0 Å². The number of benzene rings is 2. The number of carbonyl (C=O) groups is 1. The van der Waals surface area contributed by atoms with Gasteiger partial charge in [-0.25, -0.2) is 9.97 Å². The standard InChI is InChI=1S/C21H18N4OS/c1-14(26)25-17-9-7-16(8-10-17)19-11-18-20(23-13-24-21(18)27-19)22-12-15-5-3-2-4-6-15/h2-11,13H,12H2,1H3,(H,25,26)(H,22,23,24). The molecule has 0 spiro atoms. The normalized spacial score (nSPS) is 10.7. The predicted molar refractivity (Wildman–Crippen MR) is 111 cm³/mol. The number of aromatic nitrogens is 2. The molecule has 0 bridgehead atoms. The summed E-state index contributed by atoms with van der Waals surface area (Å²) in [6.45, 7) is 2.21. The zero-order chi connectivity index (χ0) is 18.6. The number of thiophene rings is 1. The lowest BCUT2D eigenvalue weighted by Crippen LogP contribution is -2.05. The third kappa shape index (κ3) is 3.96. The first-order valence-electron chi connectivity index (χ1n) is 8.59. The Balaban J connectivity index is 1.59. The minimum atomic E-state index is -0.0750. The number of carbonyl (C=O) groups excluding carboxylic acids is 1. The van der Waals surface area contributed by atoms with E-state index in [-0.39, 0.29) is 5.91 Å². The summed E-state index contributed by atoms with van der Waals surface area (Å²) in [5.74, 6) is 0.759. The molecule has 2 aromatic carbocycles. The molecule has 0 saturated carbocycles. The summed E-state index contributed by atoms with van der Waals surface area (Å²) in [6, 6.07) is 20.2. The van der Waals surface area contributed by atoms with Crippen LogP contribution in [0.2, 0.25) is 0 Å². The van der Waals surface area contributed by atoms with Gasteiger partial charge in [-0.15, -0.1) is 11.3 Å². The van der Waals surface area contributed by atoms with Crippen molar-refractivity contribution >= 4 is 39.0 Å². The largest absolute Gasteiger partial charge is 0.365 e. The Morgan fingerprint density at radius 2 is 1.81 bits per heavy atom. The second-order valence-electron chi connectivity index (χ2n) is 6.15. The molecule has 6 heteroatoms. The number of nitrogens with zero attached hydrogens (tertiary/aromatic N) is 2. The van der Waals surface area contributed by atoms with Gasteiger partial charge in [-0.05, 0) is 29.3 Å². The Morgan fingerprint density at radius 3 is 2.56 bits per heavy atom. The monoisotopic (exact) mass is 374 g/mol. The van der Waals surface area contributed by atoms with Crippen LogP contribution in [0, 0.1) is 0 Å². The van der Waals surface area contributed by atoms with Crippen LogP contribution in [-0.2, 0) is 11.3 Å². The van der Waals surface area contributed by atoms with Crippen molar-refractivity contribution in [1.29, 1.82) is 0 Å². The number of nitrogens with one attached hydrogen (secondary N) is 2. The molecule has 5 nitrogen and oxygen atoms in total. The third-order valence-electron chi connectivity index (χ3n) is 4.12. The molecule has 4 aromatic rings. The number of hydrogen-bond acceptors (Lipinski definition) is 5. The number of hydrogen-bond donors (Lipinski definition) is 2. The van der Waals surface area contributed by atoms with Crippen molar-refractivity contribution in [1.82, 2.24) is 9.97 Å². The van der Waals surface area contributed by atoms with Gasteiger partial charge in [0.25, 0.3) is 0 Å². The van der Waals surface area contributed by atoms with Crippen molar-refractivity contribution in [3.05, 3.63) is 72.6 Å². The van der Waals surface area contributed by atoms with Gasteiger partial charge in [0.05, 0.1) is 5.39 Å². The lowest BCUT2D eigenvalue weighted by Gasteiger charge is -2.06. The van der Waals surface area contributed by atoms with E-state index in [4.69, 9.17) is 0 Å². The summed E-state index contributed by atoms with van der Waals surface area (Å²) in [7, 11) is 0. The number of fused-ring (bicyclic) bond motifs is 1. The molecule has 2 heterocycles. The molecule has 134 valence electrons. The van der Waals surface area contributed by atoms with E-state index in [1.54, 1.807) is 17.7 Å². The van der Waals surface area contributed by atoms with Crippen LogP contribution >= 0.6 is 11.3 Å². The van der Waals surface area contributed by atoms with E-state index in [1.165, 1.54) is 12.5 Å². The van der Waals surface area contributed by atoms with E-state index < -0.39 is 0 Å². The van der Waals surface area contributed by atoms with Gasteiger partial charge in [-0.2, -0.15) is 0 Å². The van der Waals surface area contributed by atoms with Crippen LogP contribution in [0.1, 0.15) is 12.5 Å². The highest BCUT2D eigenvalue weighted by molar-refractivity contribution is 7.21. The van der Waals surface area contributed by atoms with Crippen molar-refractivity contribution in [3.63, 3.8) is 0 Å². The molecule has 0 aliphatic carbocycles. The van der Waals surface area contributed by atoms with Gasteiger partial charge in [-0.3, -0.25) is 4.79 Å². The van der Waals surface area contributed by atoms with Gasteiger partial charge in [0.1, 0.15) is 17.0 Å². The Hall–Kier alpha value is -3.25. The fourth-order valence-electron chi connectivity index (χ4n) is 2.84. The molecular formula is C21H18N4OS. The molecule has 27 heavy (non-hydrogen) atoms. The summed E-state index contributed by atoms with van der Waals surface area (Å²) >= 11 is 1.63. The van der Waals surface area contributed by atoms with Crippen molar-refractivity contribution < 1.29 is 4.79 Å². The van der Waals surface area contributed by atoms with Gasteiger partial charge in [0, 0.05) is 24.0 Å². The molecule has 1 amide bonds. The van der Waals surface area contributed by atoms with Gasteiger partial charge < -0.3 is 10.6 Å². The zero-order valence-corrected chi connectivity index (χ0v) is 15.6. The molecule has 0 fully saturated rings. The molecule has 0 atom stereocenters. The summed E-state index contributed by atoms with van der Waals surface area (Å²) in [6.07, 6.45) is 1.59. The maximum Gasteiger partial charge on any atom is 0.221 e. The average molecular weight is 374 g/mol. The highest BCUT2D eigenvalue weighted by atomic mass is 32.1. The lowest BCUT2D eigenvalue weighted by atomic mass is 10.1. The summed E-state index contributed by atoms with van der Waals surface area (Å²) < 4.78 is 0. The number of amides is 1. The molecule has 2 aromatic heterocycles. The summed E-state index contributed by atoms with van der Waals surface area (Å²) in [4.78, 5) is 22.0. The average Bonchev–Trinajstić information content (AvgIpc) is 3.12. The van der Waals surface area contributed by atoms with Crippen LogP contribution in [0.25, 0.3) is 20.7 Å². The Kier molecular flexibility index (Phi) is 4.80. The van der Waals surface area contributed by atoms with Crippen molar-refractivity contribution in [2.75, 3.05) is 10.6 Å². The fourth-order valence-corrected chi connectivity index (χ4v) is 3.85. The van der Waals surface area contributed by atoms with Crippen LogP contribution in [0.5, 0.6) is 0 Å². The van der Waals surface area contributed by atoms with Crippen molar-refractivity contribution in [3.8, 4) is 10.4 Å². The highest BCUT2D eigenvalue weighted by Gasteiger charge is 2.10. The predicted octanol–water partition coefficient (Wildman–Crippen LogP) is 4.93. The van der Waals surface area contributed by atoms with Crippen LogP contribution in [0.15, 0.2) is 67.0 Å². The van der Waals surface area contributed by atoms with Crippen molar-refractivity contribution in [2.24, 2.45) is 0 Å². The quantitative estimate of drug-likeness (QED) is 0.520. The lowest BCUT2D eigenvalue weighted by molar-refractivity contribution is -0.114. The molecular weight excluding hydrogens is 356 g/mol. The summed E-state index contributed by atoms with van der Waals surface area (Å²) in [5.41, 5.74) is 3.08. The van der Waals surface area contributed by atoms with Crippen LogP contribution in [0.4, 0.5) is 11.5 Å². The fraction of sp³-hybridized carbons (Fsp3) is 0.0952. The van der Waals surface area contributed by atoms with Gasteiger partial charge >= 0.3 is 0 Å². The van der Waals surface area contributed by atoms with E-state index in [9.17, 15) is 4.79 Å². The molecule has 2 N–H and O–H groups in total. The first kappa shape index (κ1) is 17.2. The molecule has 0 aliphatic rings. The van der Waals surface area contributed by atoms with E-state index in [1.807, 2.05) is 42.5 Å². The van der Waals surface area contributed by atoms with Crippen LogP contribution in [0.3, 0.4) is 0 Å². The zero-order valence-electron chi connectivity index (χ0n) is 14.8. The smallest absolute Gasteiger partial charge is 0.221 e. The second-order valence-corrected chi connectivity index (χ2v) is 7.18. The van der Waals surface area contributed by atoms with E-state index >= 15 is 0 Å². The number of rotatable bonds is 5. The highest BCUT2D eigenvalue weighted by Crippen LogP contribution is 2.35. The molecule has 0 radical (unpaired) electrons. The van der Waals surface area contributed by atoms with Gasteiger partial charge in [0.2, 0.25) is 5.91 Å². The minimum absolute atomic E-state index is 0.0750. The van der Waals surface area contributed by atoms with E-state index in [2.05, 4.69) is 38.8 Å². The second kappa shape index (κ2) is 7.55. The third-order valence-corrected chi connectivity index (χ3v) is 5.21. The molecule has 0 aliphatic heterocycles. The molecule has 0 unspecified atom stereocenters. The van der Waals surface area contributed by atoms with Crippen molar-refractivity contribution in [2.45, 2.75) is 13.5 Å². The molecule has 0 saturated heterocycles. The maximum absolute atomic E-state index is 11.2. The summed E-state index contributed by atoms with van der Waals surface area (Å²) in [5, 5.41) is 7.20.